The van der Waals surface area contributed by atoms with E-state index in [1.54, 1.807) is 0 Å². The molecule has 1 aromatic heterocycles. The largest absolute Gasteiger partial charge is 0.357 e. The first kappa shape index (κ1) is 18.8. The number of piperidine rings is 1. The summed E-state index contributed by atoms with van der Waals surface area (Å²) in [7, 11) is 0. The number of hydrogen-bond acceptors (Lipinski definition) is 5. The van der Waals surface area contributed by atoms with Gasteiger partial charge < -0.3 is 9.47 Å². The maximum atomic E-state index is 9.55. The minimum atomic E-state index is -0.439. The predicted molar refractivity (Wildman–Crippen MR) is 108 cm³/mol. The summed E-state index contributed by atoms with van der Waals surface area (Å²) < 4.78 is 14.1. The fraction of sp³-hybridized carbons (Fsp3) is 0.565. The van der Waals surface area contributed by atoms with E-state index in [0.29, 0.717) is 0 Å². The molecule has 2 atom stereocenters. The van der Waals surface area contributed by atoms with Gasteiger partial charge in [-0.15, -0.1) is 0 Å². The first-order chi connectivity index (χ1) is 14.2. The topological polar surface area (TPSA) is 63.3 Å². The molecule has 152 valence electrons. The zero-order valence-corrected chi connectivity index (χ0v) is 17.0. The van der Waals surface area contributed by atoms with Gasteiger partial charge in [0.15, 0.2) is 6.10 Å². The standard InChI is InChI=1S/C23H28N4O2/c1-17-5-6-19-20(12-17)23(29-21(19)13-24)7-9-26(10-8-23)15-18-14-25-27(16-18)22-4-2-3-11-28-22/h5-6,12,14,16,21-22H,2-4,7-11,15H2,1H3. The van der Waals surface area contributed by atoms with Crippen LogP contribution >= 0.6 is 0 Å². The molecule has 0 aliphatic carbocycles. The van der Waals surface area contributed by atoms with Crippen LogP contribution in [-0.4, -0.2) is 34.4 Å². The minimum Gasteiger partial charge on any atom is -0.357 e. The number of likely N-dealkylation sites (tertiary alicyclic amines) is 1. The molecule has 1 spiro atoms. The fourth-order valence-corrected chi connectivity index (χ4v) is 5.01. The van der Waals surface area contributed by atoms with E-state index in [1.807, 2.05) is 10.9 Å². The molecule has 3 aliphatic rings. The van der Waals surface area contributed by atoms with Crippen LogP contribution in [0.2, 0.25) is 0 Å². The van der Waals surface area contributed by atoms with Crippen LogP contribution in [0.3, 0.4) is 0 Å². The van der Waals surface area contributed by atoms with E-state index in [2.05, 4.69) is 47.4 Å². The maximum Gasteiger partial charge on any atom is 0.170 e. The summed E-state index contributed by atoms with van der Waals surface area (Å²) >= 11 is 0. The van der Waals surface area contributed by atoms with Crippen LogP contribution in [0.5, 0.6) is 0 Å². The second-order valence-corrected chi connectivity index (χ2v) is 8.64. The van der Waals surface area contributed by atoms with Crippen molar-refractivity contribution in [2.24, 2.45) is 0 Å². The molecule has 4 heterocycles. The van der Waals surface area contributed by atoms with Crippen molar-refractivity contribution < 1.29 is 9.47 Å². The minimum absolute atomic E-state index is 0.0941. The monoisotopic (exact) mass is 392 g/mol. The molecule has 6 nitrogen and oxygen atoms in total. The number of nitriles is 1. The number of nitrogens with zero attached hydrogens (tertiary/aromatic N) is 4. The smallest absolute Gasteiger partial charge is 0.170 e. The van der Waals surface area contributed by atoms with E-state index in [9.17, 15) is 5.26 Å². The molecule has 2 saturated heterocycles. The van der Waals surface area contributed by atoms with Gasteiger partial charge in [0.2, 0.25) is 0 Å². The van der Waals surface area contributed by atoms with Gasteiger partial charge in [-0.25, -0.2) is 4.68 Å². The van der Waals surface area contributed by atoms with Gasteiger partial charge in [-0.1, -0.05) is 23.8 Å². The van der Waals surface area contributed by atoms with Crippen LogP contribution in [0.4, 0.5) is 0 Å². The van der Waals surface area contributed by atoms with Gasteiger partial charge in [-0.2, -0.15) is 10.4 Å². The van der Waals surface area contributed by atoms with Gasteiger partial charge in [0, 0.05) is 43.6 Å². The van der Waals surface area contributed by atoms with Gasteiger partial charge in [0.1, 0.15) is 6.23 Å². The number of rotatable bonds is 3. The maximum absolute atomic E-state index is 9.55. The second kappa shape index (κ2) is 7.56. The van der Waals surface area contributed by atoms with E-state index in [1.165, 1.54) is 23.1 Å². The number of aromatic nitrogens is 2. The van der Waals surface area contributed by atoms with E-state index in [-0.39, 0.29) is 11.8 Å². The third-order valence-electron chi connectivity index (χ3n) is 6.62. The zero-order chi connectivity index (χ0) is 19.8. The number of ether oxygens (including phenoxy) is 2. The van der Waals surface area contributed by atoms with Crippen LogP contribution in [0.15, 0.2) is 30.6 Å². The van der Waals surface area contributed by atoms with Gasteiger partial charge in [-0.3, -0.25) is 4.90 Å². The van der Waals surface area contributed by atoms with Crippen LogP contribution in [0.1, 0.15) is 66.7 Å². The summed E-state index contributed by atoms with van der Waals surface area (Å²) in [6.45, 7) is 5.74. The average molecular weight is 393 g/mol. The van der Waals surface area contributed by atoms with Crippen LogP contribution in [0, 0.1) is 18.3 Å². The van der Waals surface area contributed by atoms with Crippen molar-refractivity contribution in [3.05, 3.63) is 52.8 Å². The lowest BCUT2D eigenvalue weighted by Gasteiger charge is -2.39. The van der Waals surface area contributed by atoms with Gasteiger partial charge in [-0.05, 0) is 44.6 Å². The third-order valence-corrected chi connectivity index (χ3v) is 6.62. The molecule has 3 aliphatic heterocycles. The van der Waals surface area contributed by atoms with E-state index in [4.69, 9.17) is 9.47 Å². The van der Waals surface area contributed by atoms with Crippen molar-refractivity contribution in [1.29, 1.82) is 5.26 Å². The van der Waals surface area contributed by atoms with Crippen molar-refractivity contribution in [3.63, 3.8) is 0 Å². The van der Waals surface area contributed by atoms with Crippen molar-refractivity contribution in [2.75, 3.05) is 19.7 Å². The molecule has 0 saturated carbocycles. The Labute approximate surface area is 172 Å². The molecule has 0 amide bonds. The number of hydrogen-bond donors (Lipinski definition) is 0. The highest BCUT2D eigenvalue weighted by atomic mass is 16.5. The van der Waals surface area contributed by atoms with Crippen molar-refractivity contribution in [1.82, 2.24) is 14.7 Å². The highest BCUT2D eigenvalue weighted by Gasteiger charge is 2.46. The molecule has 6 heteroatoms. The normalized spacial score (nSPS) is 26.3. The Morgan fingerprint density at radius 1 is 1.28 bits per heavy atom. The first-order valence-corrected chi connectivity index (χ1v) is 10.7. The summed E-state index contributed by atoms with van der Waals surface area (Å²) in [4.78, 5) is 2.47. The third kappa shape index (κ3) is 3.48. The Morgan fingerprint density at radius 2 is 2.14 bits per heavy atom. The number of benzene rings is 1. The molecule has 2 fully saturated rings. The summed E-state index contributed by atoms with van der Waals surface area (Å²) in [6.07, 6.45) is 9.00. The Kier molecular flexibility index (Phi) is 4.91. The summed E-state index contributed by atoms with van der Waals surface area (Å²) in [5, 5.41) is 14.1. The highest BCUT2D eigenvalue weighted by Crippen LogP contribution is 2.49. The molecule has 5 rings (SSSR count). The van der Waals surface area contributed by atoms with Gasteiger partial charge in [0.25, 0.3) is 0 Å². The van der Waals surface area contributed by atoms with Crippen LogP contribution in [0.25, 0.3) is 0 Å². The molecule has 2 unspecified atom stereocenters. The number of fused-ring (bicyclic) bond motifs is 2. The zero-order valence-electron chi connectivity index (χ0n) is 17.0. The van der Waals surface area contributed by atoms with E-state index < -0.39 is 6.10 Å². The Morgan fingerprint density at radius 3 is 2.90 bits per heavy atom. The lowest BCUT2D eigenvalue weighted by atomic mass is 9.82. The summed E-state index contributed by atoms with van der Waals surface area (Å²) in [5.41, 5.74) is 4.43. The highest BCUT2D eigenvalue weighted by molar-refractivity contribution is 5.43. The number of aryl methyl sites for hydroxylation is 1. The molecule has 0 bridgehead atoms. The molecule has 0 N–H and O–H groups in total. The first-order valence-electron chi connectivity index (χ1n) is 10.7. The van der Waals surface area contributed by atoms with Crippen LogP contribution < -0.4 is 0 Å². The van der Waals surface area contributed by atoms with E-state index in [0.717, 1.165) is 57.5 Å². The Balaban J connectivity index is 1.25. The van der Waals surface area contributed by atoms with Gasteiger partial charge in [0.05, 0.1) is 17.9 Å². The van der Waals surface area contributed by atoms with Crippen molar-refractivity contribution >= 4 is 0 Å². The van der Waals surface area contributed by atoms with Crippen LogP contribution in [-0.2, 0) is 21.6 Å². The molecule has 2 aromatic rings. The van der Waals surface area contributed by atoms with Crippen molar-refractivity contribution in [2.45, 2.75) is 63.5 Å². The molecular formula is C23H28N4O2. The molecule has 0 radical (unpaired) electrons. The average Bonchev–Trinajstić information content (AvgIpc) is 3.34. The lowest BCUT2D eigenvalue weighted by molar-refractivity contribution is -0.0934. The Bertz CT molecular complexity index is 917. The van der Waals surface area contributed by atoms with Gasteiger partial charge >= 0.3 is 0 Å². The summed E-state index contributed by atoms with van der Waals surface area (Å²) in [6, 6.07) is 8.70. The SMILES string of the molecule is Cc1ccc2c(c1)C1(CCN(Cc3cnn(C4CCCCO4)c3)CC1)OC2C#N. The van der Waals surface area contributed by atoms with Crippen molar-refractivity contribution in [3.8, 4) is 6.07 Å². The lowest BCUT2D eigenvalue weighted by Crippen LogP contribution is -2.42. The Hall–Kier alpha value is -2.20. The summed E-state index contributed by atoms with van der Waals surface area (Å²) in [5.74, 6) is 0. The molecular weight excluding hydrogens is 364 g/mol. The predicted octanol–water partition coefficient (Wildman–Crippen LogP) is 3.98. The molecule has 29 heavy (non-hydrogen) atoms. The van der Waals surface area contributed by atoms with E-state index >= 15 is 0 Å². The second-order valence-electron chi connectivity index (χ2n) is 8.64. The molecule has 1 aromatic carbocycles. The quantitative estimate of drug-likeness (QED) is 0.791. The fourth-order valence-electron chi connectivity index (χ4n) is 5.01.